The molecule has 0 aliphatic carbocycles. The average molecular weight is 249 g/mol. The average Bonchev–Trinajstić information content (AvgIpc) is 2.30. The number of pyridine rings is 1. The van der Waals surface area contributed by atoms with Gasteiger partial charge in [-0.25, -0.2) is 9.18 Å². The lowest BCUT2D eigenvalue weighted by molar-refractivity contribution is 0.0696. The Bertz CT molecular complexity index is 636. The van der Waals surface area contributed by atoms with Crippen molar-refractivity contribution in [1.29, 1.82) is 0 Å². The summed E-state index contributed by atoms with van der Waals surface area (Å²) in [5.41, 5.74) is 0.742. The molecule has 0 fully saturated rings. The summed E-state index contributed by atoms with van der Waals surface area (Å²) in [5, 5.41) is 8.73. The van der Waals surface area contributed by atoms with Gasteiger partial charge in [0, 0.05) is 28.0 Å². The molecule has 0 amide bonds. The smallest absolute Gasteiger partial charge is 0.335 e. The summed E-state index contributed by atoms with van der Waals surface area (Å²) >= 11 is 5.08. The molecule has 0 saturated carbocycles. The topological polar surface area (TPSA) is 53.1 Å². The van der Waals surface area contributed by atoms with Crippen LogP contribution in [0.2, 0.25) is 0 Å². The van der Waals surface area contributed by atoms with Crippen molar-refractivity contribution >= 4 is 18.2 Å². The van der Waals surface area contributed by atoms with Gasteiger partial charge >= 0.3 is 5.97 Å². The van der Waals surface area contributed by atoms with E-state index in [9.17, 15) is 9.18 Å². The lowest BCUT2D eigenvalue weighted by Crippen LogP contribution is -1.97. The van der Waals surface area contributed by atoms with Gasteiger partial charge in [-0.3, -0.25) is 0 Å². The Hall–Kier alpha value is -2.01. The van der Waals surface area contributed by atoms with Crippen LogP contribution in [-0.4, -0.2) is 16.1 Å². The Morgan fingerprint density at radius 1 is 1.29 bits per heavy atom. The molecular formula is C12H8FNO2S. The minimum Gasteiger partial charge on any atom is -0.478 e. The van der Waals surface area contributed by atoms with Crippen LogP contribution < -0.4 is 0 Å². The summed E-state index contributed by atoms with van der Waals surface area (Å²) in [5.74, 6) is -1.76. The molecule has 2 rings (SSSR count). The lowest BCUT2D eigenvalue weighted by Gasteiger charge is -2.04. The first-order valence-corrected chi connectivity index (χ1v) is 5.21. The normalized spacial score (nSPS) is 10.2. The van der Waals surface area contributed by atoms with Crippen LogP contribution in [0.4, 0.5) is 4.39 Å². The number of rotatable bonds is 2. The van der Waals surface area contributed by atoms with Gasteiger partial charge in [0.1, 0.15) is 5.82 Å². The highest BCUT2D eigenvalue weighted by Crippen LogP contribution is 2.24. The third kappa shape index (κ3) is 2.24. The number of nitrogens with one attached hydrogen (secondary N) is 1. The van der Waals surface area contributed by atoms with E-state index >= 15 is 0 Å². The number of carboxylic acids is 1. The number of halogens is 1. The molecular weight excluding hydrogens is 241 g/mol. The van der Waals surface area contributed by atoms with Crippen LogP contribution in [0.5, 0.6) is 0 Å². The van der Waals surface area contributed by atoms with E-state index in [2.05, 4.69) is 4.98 Å². The van der Waals surface area contributed by atoms with Gasteiger partial charge < -0.3 is 10.1 Å². The monoisotopic (exact) mass is 249 g/mol. The second kappa shape index (κ2) is 4.47. The quantitative estimate of drug-likeness (QED) is 0.803. The van der Waals surface area contributed by atoms with E-state index in [1.165, 1.54) is 12.1 Å². The Labute approximate surface area is 102 Å². The maximum Gasteiger partial charge on any atom is 0.335 e. The van der Waals surface area contributed by atoms with Gasteiger partial charge in [-0.05, 0) is 18.2 Å². The molecule has 5 heteroatoms. The molecule has 1 aromatic heterocycles. The van der Waals surface area contributed by atoms with E-state index in [1.54, 1.807) is 18.5 Å². The predicted octanol–water partition coefficient (Wildman–Crippen LogP) is 3.25. The molecule has 0 atom stereocenters. The molecule has 0 spiro atoms. The third-order valence-electron chi connectivity index (χ3n) is 2.33. The SMILES string of the molecule is O=C(O)c1ccc(-c2c[nH]ccc2=S)c(F)c1. The second-order valence-corrected chi connectivity index (χ2v) is 3.86. The van der Waals surface area contributed by atoms with Crippen LogP contribution in [0.15, 0.2) is 36.7 Å². The summed E-state index contributed by atoms with van der Waals surface area (Å²) in [7, 11) is 0. The molecule has 1 heterocycles. The van der Waals surface area contributed by atoms with Gasteiger partial charge in [-0.15, -0.1) is 0 Å². The number of aromatic amines is 1. The number of benzene rings is 1. The van der Waals surface area contributed by atoms with Gasteiger partial charge in [-0.2, -0.15) is 0 Å². The molecule has 0 aliphatic rings. The van der Waals surface area contributed by atoms with Crippen LogP contribution in [0.1, 0.15) is 10.4 Å². The van der Waals surface area contributed by atoms with Crippen molar-refractivity contribution in [3.63, 3.8) is 0 Å². The zero-order valence-corrected chi connectivity index (χ0v) is 9.42. The molecule has 2 N–H and O–H groups in total. The fourth-order valence-corrected chi connectivity index (χ4v) is 1.73. The van der Waals surface area contributed by atoms with Crippen LogP contribution in [0.25, 0.3) is 11.1 Å². The summed E-state index contributed by atoms with van der Waals surface area (Å²) < 4.78 is 14.3. The number of H-pyrrole nitrogens is 1. The Morgan fingerprint density at radius 2 is 2.06 bits per heavy atom. The maximum absolute atomic E-state index is 13.8. The molecule has 86 valence electrons. The predicted molar refractivity (Wildman–Crippen MR) is 64.0 cm³/mol. The number of hydrogen-bond donors (Lipinski definition) is 2. The van der Waals surface area contributed by atoms with Crippen molar-refractivity contribution in [2.24, 2.45) is 0 Å². The molecule has 0 unspecified atom stereocenters. The van der Waals surface area contributed by atoms with Crippen LogP contribution in [0, 0.1) is 10.3 Å². The fourth-order valence-electron chi connectivity index (χ4n) is 1.49. The van der Waals surface area contributed by atoms with Crippen molar-refractivity contribution in [2.75, 3.05) is 0 Å². The highest BCUT2D eigenvalue weighted by Gasteiger charge is 2.10. The first-order chi connectivity index (χ1) is 8.09. The number of hydrogen-bond acceptors (Lipinski definition) is 2. The molecule has 3 nitrogen and oxygen atoms in total. The van der Waals surface area contributed by atoms with Gasteiger partial charge in [0.25, 0.3) is 0 Å². The minimum atomic E-state index is -1.16. The van der Waals surface area contributed by atoms with Gasteiger partial charge in [-0.1, -0.05) is 18.3 Å². The van der Waals surface area contributed by atoms with Crippen LogP contribution in [-0.2, 0) is 0 Å². The van der Waals surface area contributed by atoms with Crippen molar-refractivity contribution in [2.45, 2.75) is 0 Å². The molecule has 2 aromatic rings. The second-order valence-electron chi connectivity index (χ2n) is 3.42. The van der Waals surface area contributed by atoms with E-state index in [4.69, 9.17) is 17.3 Å². The van der Waals surface area contributed by atoms with Crippen molar-refractivity contribution < 1.29 is 14.3 Å². The van der Waals surface area contributed by atoms with Crippen LogP contribution in [0.3, 0.4) is 0 Å². The number of aromatic carboxylic acids is 1. The van der Waals surface area contributed by atoms with E-state index in [0.717, 1.165) is 6.07 Å². The van der Waals surface area contributed by atoms with Crippen LogP contribution >= 0.6 is 12.2 Å². The molecule has 0 bridgehead atoms. The number of carbonyl (C=O) groups is 1. The van der Waals surface area contributed by atoms with E-state index in [-0.39, 0.29) is 11.1 Å². The summed E-state index contributed by atoms with van der Waals surface area (Å²) in [6, 6.07) is 5.40. The van der Waals surface area contributed by atoms with Gasteiger partial charge in [0.15, 0.2) is 0 Å². The van der Waals surface area contributed by atoms with Gasteiger partial charge in [0.05, 0.1) is 5.56 Å². The van der Waals surface area contributed by atoms with Crippen molar-refractivity contribution in [3.8, 4) is 11.1 Å². The number of carboxylic acid groups (broad SMARTS) is 1. The molecule has 0 saturated heterocycles. The Balaban J connectivity index is 2.59. The highest BCUT2D eigenvalue weighted by molar-refractivity contribution is 7.71. The number of aromatic nitrogens is 1. The van der Waals surface area contributed by atoms with E-state index in [0.29, 0.717) is 10.1 Å². The Morgan fingerprint density at radius 3 is 2.65 bits per heavy atom. The minimum absolute atomic E-state index is 0.0860. The molecule has 1 aromatic carbocycles. The van der Waals surface area contributed by atoms with Gasteiger partial charge in [0.2, 0.25) is 0 Å². The first-order valence-electron chi connectivity index (χ1n) is 4.80. The van der Waals surface area contributed by atoms with E-state index in [1.807, 2.05) is 0 Å². The highest BCUT2D eigenvalue weighted by atomic mass is 32.1. The summed E-state index contributed by atoms with van der Waals surface area (Å²) in [6.45, 7) is 0. The standard InChI is InChI=1S/C12H8FNO2S/c13-10-5-7(12(15)16)1-2-8(10)9-6-14-4-3-11(9)17/h1-6H,(H,14,17)(H,15,16). The maximum atomic E-state index is 13.8. The van der Waals surface area contributed by atoms with E-state index < -0.39 is 11.8 Å². The molecule has 17 heavy (non-hydrogen) atoms. The molecule has 0 aliphatic heterocycles. The lowest BCUT2D eigenvalue weighted by atomic mass is 10.0. The zero-order chi connectivity index (χ0) is 12.4. The molecule has 0 radical (unpaired) electrons. The van der Waals surface area contributed by atoms with Crippen molar-refractivity contribution in [1.82, 2.24) is 4.98 Å². The first kappa shape index (κ1) is 11.5. The summed E-state index contributed by atoms with van der Waals surface area (Å²) in [6.07, 6.45) is 3.23. The Kier molecular flexibility index (Phi) is 3.01. The zero-order valence-electron chi connectivity index (χ0n) is 8.61. The largest absolute Gasteiger partial charge is 0.478 e. The third-order valence-corrected chi connectivity index (χ3v) is 2.69. The fraction of sp³-hybridized carbons (Fsp3) is 0. The van der Waals surface area contributed by atoms with Crippen molar-refractivity contribution in [3.05, 3.63) is 52.5 Å². The summed E-state index contributed by atoms with van der Waals surface area (Å²) in [4.78, 5) is 13.5.